The Balaban J connectivity index is 1.38. The third-order valence-electron chi connectivity index (χ3n) is 6.90. The molecule has 1 aromatic heterocycles. The van der Waals surface area contributed by atoms with Crippen molar-refractivity contribution in [3.63, 3.8) is 0 Å². The van der Waals surface area contributed by atoms with Gasteiger partial charge in [-0.2, -0.15) is 4.98 Å². The summed E-state index contributed by atoms with van der Waals surface area (Å²) in [6.45, 7) is 8.21. The summed E-state index contributed by atoms with van der Waals surface area (Å²) in [5.41, 5.74) is 9.77. The van der Waals surface area contributed by atoms with Crippen LogP contribution in [0.4, 0.5) is 28.8 Å². The van der Waals surface area contributed by atoms with Gasteiger partial charge in [-0.25, -0.2) is 13.4 Å². The summed E-state index contributed by atoms with van der Waals surface area (Å²) in [4.78, 5) is 29.2. The molecular weight excluding hydrogens is 564 g/mol. The second kappa shape index (κ2) is 11.9. The van der Waals surface area contributed by atoms with E-state index in [1.54, 1.807) is 17.6 Å². The maximum Gasteiger partial charge on any atom is 0.260 e. The van der Waals surface area contributed by atoms with Crippen LogP contribution in [0, 0.1) is 6.92 Å². The molecule has 0 saturated carbocycles. The molecule has 1 saturated heterocycles. The van der Waals surface area contributed by atoms with Gasteiger partial charge in [0.2, 0.25) is 5.95 Å². The second-order valence-electron chi connectivity index (χ2n) is 9.95. The summed E-state index contributed by atoms with van der Waals surface area (Å²) in [6, 6.07) is 7.70. The topological polar surface area (TPSA) is 159 Å². The molecule has 0 spiro atoms. The van der Waals surface area contributed by atoms with E-state index < -0.39 is 15.7 Å². The van der Waals surface area contributed by atoms with E-state index in [1.165, 1.54) is 17.6 Å². The monoisotopic (exact) mass is 598 g/mol. The van der Waals surface area contributed by atoms with Gasteiger partial charge in [0, 0.05) is 56.9 Å². The van der Waals surface area contributed by atoms with Gasteiger partial charge in [-0.15, -0.1) is 11.3 Å². The molecule has 0 bridgehead atoms. The average Bonchev–Trinajstić information content (AvgIpc) is 3.59. The first kappa shape index (κ1) is 28.6. The van der Waals surface area contributed by atoms with Crippen molar-refractivity contribution in [1.82, 2.24) is 19.9 Å². The van der Waals surface area contributed by atoms with E-state index in [0.717, 1.165) is 48.7 Å². The molecular formula is C27H34N8O4S2. The van der Waals surface area contributed by atoms with Crippen LogP contribution < -0.4 is 26.0 Å². The van der Waals surface area contributed by atoms with Crippen LogP contribution in [0.15, 0.2) is 35.8 Å². The minimum atomic E-state index is -2.98. The summed E-state index contributed by atoms with van der Waals surface area (Å²) in [5, 5.41) is 8.39. The number of ether oxygens (including phenoxy) is 1. The van der Waals surface area contributed by atoms with Gasteiger partial charge in [-0.05, 0) is 43.0 Å². The Bertz CT molecular complexity index is 1610. The highest BCUT2D eigenvalue weighted by Gasteiger charge is 2.22. The molecule has 1 fully saturated rings. The fraction of sp³-hybridized carbons (Fsp3) is 0.370. The zero-order valence-electron chi connectivity index (χ0n) is 23.2. The molecule has 5 N–H and O–H groups in total. The van der Waals surface area contributed by atoms with Crippen molar-refractivity contribution in [2.45, 2.75) is 13.8 Å². The van der Waals surface area contributed by atoms with Crippen LogP contribution in [0.5, 0.6) is 5.75 Å². The van der Waals surface area contributed by atoms with E-state index in [2.05, 4.69) is 37.3 Å². The van der Waals surface area contributed by atoms with Crippen LogP contribution in [-0.2, 0) is 9.84 Å². The number of thiophene rings is 1. The number of nitrogens with zero attached hydrogens (tertiary/aromatic N) is 4. The van der Waals surface area contributed by atoms with Crippen molar-refractivity contribution in [1.29, 1.82) is 0 Å². The van der Waals surface area contributed by atoms with Crippen LogP contribution in [0.3, 0.4) is 0 Å². The van der Waals surface area contributed by atoms with Crippen LogP contribution in [-0.4, -0.2) is 85.5 Å². The van der Waals surface area contributed by atoms with Crippen LogP contribution in [0.1, 0.15) is 22.2 Å². The van der Waals surface area contributed by atoms with Crippen molar-refractivity contribution in [2.24, 2.45) is 5.73 Å². The van der Waals surface area contributed by atoms with Crippen LogP contribution in [0.2, 0.25) is 0 Å². The molecule has 2 aromatic rings. The maximum absolute atomic E-state index is 11.8. The Morgan fingerprint density at radius 2 is 1.95 bits per heavy atom. The average molecular weight is 599 g/mol. The molecule has 218 valence electrons. The van der Waals surface area contributed by atoms with Crippen LogP contribution in [0.25, 0.3) is 11.4 Å². The number of carbonyl (C=O) groups excluding carboxylic acids is 1. The Morgan fingerprint density at radius 1 is 1.17 bits per heavy atom. The predicted octanol–water partition coefficient (Wildman–Crippen LogP) is 3.43. The fourth-order valence-electron chi connectivity index (χ4n) is 4.84. The van der Waals surface area contributed by atoms with E-state index in [4.69, 9.17) is 15.5 Å². The molecule has 0 aliphatic carbocycles. The zero-order valence-corrected chi connectivity index (χ0v) is 24.9. The number of hydrogen-bond acceptors (Lipinski definition) is 11. The number of hydrogen-bond donors (Lipinski definition) is 4. The first-order valence-electron chi connectivity index (χ1n) is 13.3. The lowest BCUT2D eigenvalue weighted by Gasteiger charge is -2.37. The molecule has 1 amide bonds. The number of sulfone groups is 1. The number of nitrogens with two attached hydrogens (primary N) is 1. The van der Waals surface area contributed by atoms with Gasteiger partial charge in [-0.3, -0.25) is 9.69 Å². The largest absolute Gasteiger partial charge is 0.492 e. The predicted molar refractivity (Wildman–Crippen MR) is 163 cm³/mol. The summed E-state index contributed by atoms with van der Waals surface area (Å²) in [5.74, 6) is 1.95. The van der Waals surface area contributed by atoms with E-state index in [9.17, 15) is 13.2 Å². The molecule has 0 radical (unpaired) electrons. The lowest BCUT2D eigenvalue weighted by atomic mass is 10.1. The Kier molecular flexibility index (Phi) is 8.33. The van der Waals surface area contributed by atoms with E-state index >= 15 is 0 Å². The molecule has 5 rings (SSSR count). The Morgan fingerprint density at radius 3 is 2.66 bits per heavy atom. The molecule has 0 atom stereocenters. The molecule has 12 nitrogen and oxygen atoms in total. The number of anilines is 5. The van der Waals surface area contributed by atoms with E-state index in [-0.39, 0.29) is 5.75 Å². The van der Waals surface area contributed by atoms with Gasteiger partial charge in [0.25, 0.3) is 5.91 Å². The first-order chi connectivity index (χ1) is 19.6. The molecule has 3 aliphatic heterocycles. The van der Waals surface area contributed by atoms with Gasteiger partial charge < -0.3 is 31.0 Å². The number of H-pyrrole nitrogens is 1. The highest BCUT2D eigenvalue weighted by atomic mass is 32.2. The summed E-state index contributed by atoms with van der Waals surface area (Å²) < 4.78 is 29.1. The molecule has 0 unspecified atom stereocenters. The molecule has 3 aliphatic rings. The fourth-order valence-corrected chi connectivity index (χ4v) is 6.14. The number of aromatic amines is 1. The summed E-state index contributed by atoms with van der Waals surface area (Å²) >= 11 is 1.27. The van der Waals surface area contributed by atoms with Crippen molar-refractivity contribution in [2.75, 3.05) is 66.9 Å². The highest BCUT2D eigenvalue weighted by Crippen LogP contribution is 2.37. The zero-order chi connectivity index (χ0) is 29.1. The van der Waals surface area contributed by atoms with E-state index in [0.29, 0.717) is 47.1 Å². The molecule has 1 aromatic carbocycles. The van der Waals surface area contributed by atoms with Gasteiger partial charge in [0.15, 0.2) is 0 Å². The minimum absolute atomic E-state index is 0.175. The number of aryl methyl sites for hydroxylation is 1. The number of aromatic nitrogens is 3. The van der Waals surface area contributed by atoms with Gasteiger partial charge in [-0.1, -0.05) is 0 Å². The number of primary amides is 1. The molecule has 14 heteroatoms. The maximum atomic E-state index is 11.8. The van der Waals surface area contributed by atoms with Crippen molar-refractivity contribution >= 4 is 55.9 Å². The lowest BCUT2D eigenvalue weighted by molar-refractivity contribution is 0.100. The number of fused-ring (bicyclic) bond motifs is 1. The Labute approximate surface area is 243 Å². The van der Waals surface area contributed by atoms with Crippen molar-refractivity contribution < 1.29 is 17.9 Å². The molecule has 4 heterocycles. The highest BCUT2D eigenvalue weighted by molar-refractivity contribution is 7.90. The number of carbonyl (C=O) groups is 1. The minimum Gasteiger partial charge on any atom is -0.492 e. The van der Waals surface area contributed by atoms with Gasteiger partial charge in [0.05, 0.1) is 29.3 Å². The summed E-state index contributed by atoms with van der Waals surface area (Å²) in [7, 11) is -2.98. The second-order valence-corrected chi connectivity index (χ2v) is 13.1. The number of piperazine rings is 1. The third-order valence-corrected chi connectivity index (χ3v) is 8.75. The quantitative estimate of drug-likeness (QED) is 0.202. The van der Waals surface area contributed by atoms with Crippen molar-refractivity contribution in [3.8, 4) is 17.1 Å². The summed E-state index contributed by atoms with van der Waals surface area (Å²) in [6.07, 6.45) is 2.96. The number of benzene rings is 1. The number of rotatable bonds is 11. The Hall–Kier alpha value is -3.88. The van der Waals surface area contributed by atoms with E-state index in [1.807, 2.05) is 25.1 Å². The third kappa shape index (κ3) is 6.72. The standard InChI is InChI=1S/C27H34N8O4S2/c1-4-39-22-16-21(35-10-8-34(9-11-35)12-14-41(3,37)38)17(2)15-20(22)31-27-32-25-18(5-7-29-25)26(33-27)30-19-6-13-40-23(19)24(28)36/h5-7,13,15-16H,4,8-12,14H2,1-3H3,(H2,28,36)(H3,29,30,31,32,33). The van der Waals surface area contributed by atoms with Gasteiger partial charge >= 0.3 is 0 Å². The lowest BCUT2D eigenvalue weighted by Crippen LogP contribution is -2.47. The normalized spacial score (nSPS) is 14.4. The first-order valence-corrected chi connectivity index (χ1v) is 16.2. The smallest absolute Gasteiger partial charge is 0.260 e. The molecule has 41 heavy (non-hydrogen) atoms. The SMILES string of the molecule is CCOc1cc(N2CCN(CCS(C)(=O)=O)CC2)c(C)cc1Nc1nc(Nc2ccsc2C(N)=O)c2ccnc-2[nH]1. The van der Waals surface area contributed by atoms with Crippen molar-refractivity contribution in [3.05, 3.63) is 46.3 Å². The number of amides is 1. The van der Waals surface area contributed by atoms with Crippen LogP contribution >= 0.6 is 11.3 Å². The van der Waals surface area contributed by atoms with Gasteiger partial charge in [0.1, 0.15) is 32.1 Å². The number of nitrogens with one attached hydrogen (secondary N) is 3.